The Labute approximate surface area is 116 Å². The Hall–Kier alpha value is -2.44. The number of rotatable bonds is 4. The zero-order valence-corrected chi connectivity index (χ0v) is 11.9. The number of aryl methyl sites for hydroxylation is 2. The van der Waals surface area contributed by atoms with E-state index < -0.39 is 4.92 Å². The highest BCUT2D eigenvalue weighted by atomic mass is 16.6. The van der Waals surface area contributed by atoms with E-state index in [1.54, 1.807) is 6.07 Å². The zero-order chi connectivity index (χ0) is 14.9. The van der Waals surface area contributed by atoms with E-state index in [1.165, 1.54) is 12.4 Å². The molecule has 0 radical (unpaired) electrons. The van der Waals surface area contributed by atoms with Crippen LogP contribution in [-0.2, 0) is 7.05 Å². The van der Waals surface area contributed by atoms with Gasteiger partial charge >= 0.3 is 5.69 Å². The average molecular weight is 275 g/mol. The molecule has 1 atom stereocenters. The first-order valence-corrected chi connectivity index (χ1v) is 6.26. The van der Waals surface area contributed by atoms with Gasteiger partial charge < -0.3 is 5.32 Å². The number of nitro groups is 1. The smallest absolute Gasteiger partial charge is 0.310 e. The van der Waals surface area contributed by atoms with Crippen LogP contribution in [0.1, 0.15) is 29.9 Å². The molecular weight excluding hydrogens is 258 g/mol. The molecule has 0 bridgehead atoms. The summed E-state index contributed by atoms with van der Waals surface area (Å²) >= 11 is 0. The molecule has 0 saturated carbocycles. The minimum Gasteiger partial charge on any atom is -0.373 e. The Bertz CT molecular complexity index is 650. The average Bonchev–Trinajstić information content (AvgIpc) is 2.63. The number of anilines is 1. The molecule has 0 saturated heterocycles. The Kier molecular flexibility index (Phi) is 3.69. The fourth-order valence-electron chi connectivity index (χ4n) is 2.38. The van der Waals surface area contributed by atoms with Crippen molar-refractivity contribution in [3.8, 4) is 0 Å². The number of nitrogens with zero attached hydrogens (tertiary/aromatic N) is 4. The van der Waals surface area contributed by atoms with Gasteiger partial charge in [-0.3, -0.25) is 19.8 Å². The predicted molar refractivity (Wildman–Crippen MR) is 75.6 cm³/mol. The molecule has 7 nitrogen and oxygen atoms in total. The van der Waals surface area contributed by atoms with Crippen molar-refractivity contribution in [2.45, 2.75) is 26.8 Å². The molecule has 2 heterocycles. The van der Waals surface area contributed by atoms with Crippen molar-refractivity contribution >= 4 is 11.4 Å². The molecule has 1 N–H and O–H groups in total. The number of nitrogens with one attached hydrogen (secondary N) is 1. The van der Waals surface area contributed by atoms with E-state index in [1.807, 2.05) is 32.5 Å². The Morgan fingerprint density at radius 3 is 2.70 bits per heavy atom. The minimum atomic E-state index is -0.439. The van der Waals surface area contributed by atoms with E-state index in [9.17, 15) is 10.1 Å². The molecule has 0 amide bonds. The van der Waals surface area contributed by atoms with Gasteiger partial charge in [-0.2, -0.15) is 5.10 Å². The van der Waals surface area contributed by atoms with Crippen molar-refractivity contribution in [2.24, 2.45) is 7.05 Å². The van der Waals surface area contributed by atoms with Crippen LogP contribution in [0.5, 0.6) is 0 Å². The second-order valence-corrected chi connectivity index (χ2v) is 4.72. The van der Waals surface area contributed by atoms with Gasteiger partial charge in [-0.1, -0.05) is 0 Å². The van der Waals surface area contributed by atoms with Gasteiger partial charge in [0.15, 0.2) is 0 Å². The van der Waals surface area contributed by atoms with Crippen LogP contribution in [0.15, 0.2) is 18.5 Å². The first-order valence-electron chi connectivity index (χ1n) is 6.26. The van der Waals surface area contributed by atoms with Crippen molar-refractivity contribution in [2.75, 3.05) is 5.32 Å². The normalized spacial score (nSPS) is 12.2. The van der Waals surface area contributed by atoms with Gasteiger partial charge in [0.1, 0.15) is 11.9 Å². The lowest BCUT2D eigenvalue weighted by Crippen LogP contribution is -2.10. The Morgan fingerprint density at radius 2 is 2.15 bits per heavy atom. The van der Waals surface area contributed by atoms with Gasteiger partial charge in [-0.15, -0.1) is 0 Å². The van der Waals surface area contributed by atoms with Gasteiger partial charge in [0, 0.05) is 24.5 Å². The van der Waals surface area contributed by atoms with Crippen LogP contribution < -0.4 is 5.32 Å². The van der Waals surface area contributed by atoms with Gasteiger partial charge in [0.2, 0.25) is 0 Å². The van der Waals surface area contributed by atoms with E-state index in [0.717, 1.165) is 17.0 Å². The zero-order valence-electron chi connectivity index (χ0n) is 11.9. The van der Waals surface area contributed by atoms with Gasteiger partial charge in [-0.25, -0.2) is 0 Å². The number of hydrogen-bond donors (Lipinski definition) is 1. The third-order valence-corrected chi connectivity index (χ3v) is 3.37. The standard InChI is InChI=1S/C13H17N5O2/c1-8(13-9(2)16-17(4)10(13)3)15-11-5-6-14-7-12(11)18(19)20/h5-8H,1-4H3,(H,14,15)/t8-/m1/s1. The monoisotopic (exact) mass is 275 g/mol. The molecule has 0 spiro atoms. The van der Waals surface area contributed by atoms with Crippen LogP contribution in [0.2, 0.25) is 0 Å². The van der Waals surface area contributed by atoms with Crippen molar-refractivity contribution in [1.29, 1.82) is 0 Å². The van der Waals surface area contributed by atoms with Crippen LogP contribution in [0, 0.1) is 24.0 Å². The van der Waals surface area contributed by atoms with Gasteiger partial charge in [-0.05, 0) is 26.8 Å². The van der Waals surface area contributed by atoms with Gasteiger partial charge in [0.05, 0.1) is 16.7 Å². The maximum atomic E-state index is 11.0. The van der Waals surface area contributed by atoms with E-state index in [-0.39, 0.29) is 11.7 Å². The van der Waals surface area contributed by atoms with Crippen LogP contribution in [0.4, 0.5) is 11.4 Å². The lowest BCUT2D eigenvalue weighted by atomic mass is 10.1. The summed E-state index contributed by atoms with van der Waals surface area (Å²) in [6.07, 6.45) is 2.78. The van der Waals surface area contributed by atoms with Crippen molar-refractivity contribution in [3.05, 3.63) is 45.5 Å². The summed E-state index contributed by atoms with van der Waals surface area (Å²) in [6, 6.07) is 1.53. The summed E-state index contributed by atoms with van der Waals surface area (Å²) in [5.41, 5.74) is 3.44. The molecule has 20 heavy (non-hydrogen) atoms. The second kappa shape index (κ2) is 5.28. The molecule has 2 aromatic rings. The van der Waals surface area contributed by atoms with Crippen LogP contribution in [0.3, 0.4) is 0 Å². The molecule has 0 aromatic carbocycles. The molecule has 106 valence electrons. The number of hydrogen-bond acceptors (Lipinski definition) is 5. The summed E-state index contributed by atoms with van der Waals surface area (Å²) in [5, 5.41) is 18.5. The molecule has 0 aliphatic rings. The molecular formula is C13H17N5O2. The Balaban J connectivity index is 2.33. The molecule has 7 heteroatoms. The summed E-state index contributed by atoms with van der Waals surface area (Å²) < 4.78 is 1.81. The summed E-state index contributed by atoms with van der Waals surface area (Å²) in [7, 11) is 1.88. The molecule has 0 unspecified atom stereocenters. The minimum absolute atomic E-state index is 0.0291. The molecule has 2 aromatic heterocycles. The molecule has 0 aliphatic carbocycles. The fourth-order valence-corrected chi connectivity index (χ4v) is 2.38. The van der Waals surface area contributed by atoms with Crippen LogP contribution >= 0.6 is 0 Å². The first kappa shape index (κ1) is 14.0. The van der Waals surface area contributed by atoms with E-state index in [2.05, 4.69) is 15.4 Å². The maximum absolute atomic E-state index is 11.0. The highest BCUT2D eigenvalue weighted by molar-refractivity contribution is 5.60. The lowest BCUT2D eigenvalue weighted by Gasteiger charge is -2.16. The van der Waals surface area contributed by atoms with Crippen LogP contribution in [-0.4, -0.2) is 19.7 Å². The van der Waals surface area contributed by atoms with E-state index in [0.29, 0.717) is 5.69 Å². The highest BCUT2D eigenvalue weighted by Crippen LogP contribution is 2.29. The fraction of sp³-hybridized carbons (Fsp3) is 0.385. The molecule has 0 fully saturated rings. The van der Waals surface area contributed by atoms with Crippen molar-refractivity contribution in [1.82, 2.24) is 14.8 Å². The second-order valence-electron chi connectivity index (χ2n) is 4.72. The largest absolute Gasteiger partial charge is 0.373 e. The number of pyridine rings is 1. The SMILES string of the molecule is Cc1nn(C)c(C)c1[C@@H](C)Nc1ccncc1[N+](=O)[O-]. The first-order chi connectivity index (χ1) is 9.41. The lowest BCUT2D eigenvalue weighted by molar-refractivity contribution is -0.384. The molecule has 0 aliphatic heterocycles. The quantitative estimate of drug-likeness (QED) is 0.684. The third-order valence-electron chi connectivity index (χ3n) is 3.37. The number of aromatic nitrogens is 3. The van der Waals surface area contributed by atoms with Crippen molar-refractivity contribution in [3.63, 3.8) is 0 Å². The topological polar surface area (TPSA) is 85.9 Å². The van der Waals surface area contributed by atoms with Crippen molar-refractivity contribution < 1.29 is 4.92 Å². The Morgan fingerprint density at radius 1 is 1.45 bits per heavy atom. The molecule has 2 rings (SSSR count). The summed E-state index contributed by atoms with van der Waals surface area (Å²) in [6.45, 7) is 5.87. The van der Waals surface area contributed by atoms with E-state index in [4.69, 9.17) is 0 Å². The van der Waals surface area contributed by atoms with E-state index >= 15 is 0 Å². The predicted octanol–water partition coefficient (Wildman–Crippen LogP) is 2.51. The summed E-state index contributed by atoms with van der Waals surface area (Å²) in [4.78, 5) is 14.3. The maximum Gasteiger partial charge on any atom is 0.310 e. The van der Waals surface area contributed by atoms with Crippen LogP contribution in [0.25, 0.3) is 0 Å². The summed E-state index contributed by atoms with van der Waals surface area (Å²) in [5.74, 6) is 0. The third kappa shape index (κ3) is 2.47. The van der Waals surface area contributed by atoms with Gasteiger partial charge in [0.25, 0.3) is 0 Å². The highest BCUT2D eigenvalue weighted by Gasteiger charge is 2.20.